The Kier molecular flexibility index (Phi) is 4.77. The molecule has 2 rings (SSSR count). The Bertz CT molecular complexity index is 721. The maximum absolute atomic E-state index is 11.8. The van der Waals surface area contributed by atoms with E-state index >= 15 is 0 Å². The molecule has 4 nitrogen and oxygen atoms in total. The SMILES string of the molecule is Cc1ccc(NC(=O)/C=C/c2ccc(Cl)s2)c(C(=O)O)c1. The highest BCUT2D eigenvalue weighted by Gasteiger charge is 2.11. The van der Waals surface area contributed by atoms with Gasteiger partial charge in [-0.05, 0) is 37.3 Å². The lowest BCUT2D eigenvalue weighted by Gasteiger charge is -2.07. The van der Waals surface area contributed by atoms with Gasteiger partial charge in [0.25, 0.3) is 0 Å². The fourth-order valence-corrected chi connectivity index (χ4v) is 2.66. The molecule has 2 N–H and O–H groups in total. The van der Waals surface area contributed by atoms with Gasteiger partial charge in [-0.2, -0.15) is 0 Å². The van der Waals surface area contributed by atoms with Crippen LogP contribution >= 0.6 is 22.9 Å². The number of hydrogen-bond donors (Lipinski definition) is 2. The number of aryl methyl sites for hydroxylation is 1. The van der Waals surface area contributed by atoms with E-state index in [1.165, 1.54) is 23.5 Å². The molecule has 0 radical (unpaired) electrons. The molecule has 1 heterocycles. The van der Waals surface area contributed by atoms with Gasteiger partial charge in [0.15, 0.2) is 0 Å². The molecule has 1 amide bonds. The molecule has 0 saturated heterocycles. The van der Waals surface area contributed by atoms with Gasteiger partial charge in [-0.15, -0.1) is 11.3 Å². The topological polar surface area (TPSA) is 66.4 Å². The summed E-state index contributed by atoms with van der Waals surface area (Å²) in [7, 11) is 0. The maximum Gasteiger partial charge on any atom is 0.337 e. The number of halogens is 1. The fourth-order valence-electron chi connectivity index (χ4n) is 1.69. The molecule has 0 spiro atoms. The number of benzene rings is 1. The van der Waals surface area contributed by atoms with E-state index in [1.54, 1.807) is 37.3 Å². The summed E-state index contributed by atoms with van der Waals surface area (Å²) >= 11 is 7.15. The van der Waals surface area contributed by atoms with Crippen molar-refractivity contribution in [2.75, 3.05) is 5.32 Å². The van der Waals surface area contributed by atoms with Crippen molar-refractivity contribution in [1.29, 1.82) is 0 Å². The summed E-state index contributed by atoms with van der Waals surface area (Å²) in [6.45, 7) is 1.79. The Balaban J connectivity index is 2.13. The van der Waals surface area contributed by atoms with Crippen molar-refractivity contribution in [3.63, 3.8) is 0 Å². The standard InChI is InChI=1S/C15H12ClNO3S/c1-9-2-5-12(11(8-9)15(19)20)17-14(18)7-4-10-3-6-13(16)21-10/h2-8H,1H3,(H,17,18)(H,19,20)/b7-4+. The molecule has 0 unspecified atom stereocenters. The average Bonchev–Trinajstić information content (AvgIpc) is 2.84. The summed E-state index contributed by atoms with van der Waals surface area (Å²) < 4.78 is 0.641. The summed E-state index contributed by atoms with van der Waals surface area (Å²) in [6, 6.07) is 8.37. The minimum atomic E-state index is -1.08. The number of rotatable bonds is 4. The van der Waals surface area contributed by atoms with Crippen molar-refractivity contribution in [2.24, 2.45) is 0 Å². The van der Waals surface area contributed by atoms with Crippen LogP contribution in [-0.4, -0.2) is 17.0 Å². The lowest BCUT2D eigenvalue weighted by Crippen LogP contribution is -2.12. The van der Waals surface area contributed by atoms with Crippen LogP contribution in [0.4, 0.5) is 5.69 Å². The van der Waals surface area contributed by atoms with Crippen molar-refractivity contribution in [2.45, 2.75) is 6.92 Å². The summed E-state index contributed by atoms with van der Waals surface area (Å²) in [5, 5.41) is 11.7. The molecule has 21 heavy (non-hydrogen) atoms. The Labute approximate surface area is 130 Å². The maximum atomic E-state index is 11.8. The summed E-state index contributed by atoms with van der Waals surface area (Å²) in [5.74, 6) is -1.48. The minimum Gasteiger partial charge on any atom is -0.478 e. The molecule has 108 valence electrons. The van der Waals surface area contributed by atoms with Gasteiger partial charge in [-0.3, -0.25) is 4.79 Å². The highest BCUT2D eigenvalue weighted by molar-refractivity contribution is 7.17. The Morgan fingerprint density at radius 2 is 2.05 bits per heavy atom. The summed E-state index contributed by atoms with van der Waals surface area (Å²) in [4.78, 5) is 23.8. The van der Waals surface area contributed by atoms with Crippen molar-refractivity contribution in [3.8, 4) is 0 Å². The fraction of sp³-hybridized carbons (Fsp3) is 0.0667. The van der Waals surface area contributed by atoms with Gasteiger partial charge in [-0.1, -0.05) is 23.2 Å². The molecular weight excluding hydrogens is 310 g/mol. The van der Waals surface area contributed by atoms with E-state index in [4.69, 9.17) is 16.7 Å². The third kappa shape index (κ3) is 4.18. The third-order valence-electron chi connectivity index (χ3n) is 2.66. The number of carbonyl (C=O) groups excluding carboxylic acids is 1. The molecule has 0 fully saturated rings. The monoisotopic (exact) mass is 321 g/mol. The van der Waals surface area contributed by atoms with Crippen molar-refractivity contribution >= 4 is 46.6 Å². The number of amides is 1. The van der Waals surface area contributed by atoms with E-state index in [0.29, 0.717) is 4.34 Å². The van der Waals surface area contributed by atoms with Crippen LogP contribution in [-0.2, 0) is 4.79 Å². The predicted octanol–water partition coefficient (Wildman–Crippen LogP) is 4.06. The van der Waals surface area contributed by atoms with Crippen LogP contribution in [0.25, 0.3) is 6.08 Å². The van der Waals surface area contributed by atoms with Gasteiger partial charge in [0.2, 0.25) is 5.91 Å². The van der Waals surface area contributed by atoms with Crippen LogP contribution < -0.4 is 5.32 Å². The van der Waals surface area contributed by atoms with E-state index in [-0.39, 0.29) is 11.3 Å². The van der Waals surface area contributed by atoms with Crippen LogP contribution in [0.1, 0.15) is 20.8 Å². The summed E-state index contributed by atoms with van der Waals surface area (Å²) in [5.41, 5.74) is 1.15. The van der Waals surface area contributed by atoms with Crippen LogP contribution in [0.3, 0.4) is 0 Å². The van der Waals surface area contributed by atoms with Gasteiger partial charge in [0.05, 0.1) is 15.6 Å². The number of thiophene rings is 1. The molecule has 1 aromatic carbocycles. The first-order valence-electron chi connectivity index (χ1n) is 6.04. The Morgan fingerprint density at radius 3 is 2.67 bits per heavy atom. The quantitative estimate of drug-likeness (QED) is 0.834. The first-order valence-corrected chi connectivity index (χ1v) is 7.23. The first kappa shape index (κ1) is 15.3. The van der Waals surface area contributed by atoms with Gasteiger partial charge < -0.3 is 10.4 Å². The second-order valence-electron chi connectivity index (χ2n) is 4.32. The number of carboxylic acids is 1. The molecule has 0 aliphatic rings. The zero-order chi connectivity index (χ0) is 15.4. The third-order valence-corrected chi connectivity index (χ3v) is 3.85. The van der Waals surface area contributed by atoms with Crippen LogP contribution in [0, 0.1) is 6.92 Å². The Morgan fingerprint density at radius 1 is 1.29 bits per heavy atom. The van der Waals surface area contributed by atoms with Gasteiger partial charge in [0.1, 0.15) is 0 Å². The largest absolute Gasteiger partial charge is 0.478 e. The molecule has 0 aliphatic heterocycles. The number of carboxylic acid groups (broad SMARTS) is 1. The zero-order valence-electron chi connectivity index (χ0n) is 11.1. The molecule has 0 saturated carbocycles. The highest BCUT2D eigenvalue weighted by atomic mass is 35.5. The van der Waals surface area contributed by atoms with Crippen LogP contribution in [0.5, 0.6) is 0 Å². The lowest BCUT2D eigenvalue weighted by atomic mass is 10.1. The average molecular weight is 322 g/mol. The second-order valence-corrected chi connectivity index (χ2v) is 6.07. The molecular formula is C15H12ClNO3S. The van der Waals surface area contributed by atoms with Crippen molar-refractivity contribution < 1.29 is 14.7 Å². The molecule has 6 heteroatoms. The van der Waals surface area contributed by atoms with E-state index < -0.39 is 11.9 Å². The first-order chi connectivity index (χ1) is 9.95. The number of nitrogens with one attached hydrogen (secondary N) is 1. The van der Waals surface area contributed by atoms with Crippen LogP contribution in [0.2, 0.25) is 4.34 Å². The molecule has 2 aromatic rings. The van der Waals surface area contributed by atoms with E-state index in [0.717, 1.165) is 10.4 Å². The summed E-state index contributed by atoms with van der Waals surface area (Å²) in [6.07, 6.45) is 2.97. The van der Waals surface area contributed by atoms with Crippen molar-refractivity contribution in [1.82, 2.24) is 0 Å². The molecule has 0 atom stereocenters. The van der Waals surface area contributed by atoms with Gasteiger partial charge in [0, 0.05) is 11.0 Å². The zero-order valence-corrected chi connectivity index (χ0v) is 12.7. The lowest BCUT2D eigenvalue weighted by molar-refractivity contribution is -0.111. The smallest absolute Gasteiger partial charge is 0.337 e. The van der Waals surface area contributed by atoms with Gasteiger partial charge >= 0.3 is 5.97 Å². The number of anilines is 1. The van der Waals surface area contributed by atoms with Crippen molar-refractivity contribution in [3.05, 3.63) is 56.7 Å². The van der Waals surface area contributed by atoms with Crippen LogP contribution in [0.15, 0.2) is 36.4 Å². The molecule has 1 aromatic heterocycles. The predicted molar refractivity (Wildman–Crippen MR) is 85.1 cm³/mol. The number of hydrogen-bond acceptors (Lipinski definition) is 3. The van der Waals surface area contributed by atoms with E-state index in [9.17, 15) is 9.59 Å². The van der Waals surface area contributed by atoms with E-state index in [1.807, 2.05) is 0 Å². The second kappa shape index (κ2) is 6.56. The highest BCUT2D eigenvalue weighted by Crippen LogP contribution is 2.22. The van der Waals surface area contributed by atoms with Gasteiger partial charge in [-0.25, -0.2) is 4.79 Å². The Hall–Kier alpha value is -2.11. The normalized spacial score (nSPS) is 10.8. The molecule has 0 bridgehead atoms. The molecule has 0 aliphatic carbocycles. The number of carbonyl (C=O) groups is 2. The van der Waals surface area contributed by atoms with E-state index in [2.05, 4.69) is 5.32 Å². The number of aromatic carboxylic acids is 1. The minimum absolute atomic E-state index is 0.0657.